The third kappa shape index (κ3) is 2.47. The zero-order chi connectivity index (χ0) is 9.78. The summed E-state index contributed by atoms with van der Waals surface area (Å²) >= 11 is 6.23. The average molecular weight is 205 g/mol. The molecule has 0 fully saturated rings. The van der Waals surface area contributed by atoms with Gasteiger partial charge in [-0.2, -0.15) is 0 Å². The van der Waals surface area contributed by atoms with Gasteiger partial charge in [-0.15, -0.1) is 24.8 Å². The Bertz CT molecular complexity index is 160. The largest absolute Gasteiger partial charge is 0.422 e. The number of halogens is 1. The number of alkyl halides is 1. The van der Waals surface area contributed by atoms with Gasteiger partial charge >= 0.3 is 0 Å². The lowest BCUT2D eigenvalue weighted by Crippen LogP contribution is -2.38. The van der Waals surface area contributed by atoms with Crippen molar-refractivity contribution in [2.75, 3.05) is 0 Å². The van der Waals surface area contributed by atoms with E-state index in [0.29, 0.717) is 16.4 Å². The van der Waals surface area contributed by atoms with E-state index in [-0.39, 0.29) is 6.10 Å². The molecule has 0 rings (SSSR count). The van der Waals surface area contributed by atoms with Crippen molar-refractivity contribution in [3.8, 4) is 0 Å². The number of hydrogen-bond donors (Lipinski definition) is 0. The van der Waals surface area contributed by atoms with Gasteiger partial charge < -0.3 is 4.43 Å². The number of rotatable bonds is 5. The third-order valence-electron chi connectivity index (χ3n) is 1.92. The molecule has 0 spiro atoms. The molecule has 0 bridgehead atoms. The molecule has 0 radical (unpaired) electrons. The van der Waals surface area contributed by atoms with Crippen LogP contribution in [0.5, 0.6) is 0 Å². The maximum absolute atomic E-state index is 6.23. The summed E-state index contributed by atoms with van der Waals surface area (Å²) in [7, 11) is 0.680. The first-order valence-electron chi connectivity index (χ1n) is 4.00. The topological polar surface area (TPSA) is 9.23 Å². The summed E-state index contributed by atoms with van der Waals surface area (Å²) in [5, 5.41) is 0. The summed E-state index contributed by atoms with van der Waals surface area (Å²) in [5.74, 6) is 0.371. The Morgan fingerprint density at radius 2 is 1.83 bits per heavy atom. The van der Waals surface area contributed by atoms with Crippen molar-refractivity contribution in [1.82, 2.24) is 0 Å². The van der Waals surface area contributed by atoms with Gasteiger partial charge in [0.2, 0.25) is 0 Å². The van der Waals surface area contributed by atoms with Crippen LogP contribution in [0.3, 0.4) is 0 Å². The third-order valence-corrected chi connectivity index (χ3v) is 2.95. The Kier molecular flexibility index (Phi) is 4.83. The molecule has 0 saturated carbocycles. The highest BCUT2D eigenvalue weighted by atomic mass is 35.5. The highest BCUT2D eigenvalue weighted by Gasteiger charge is 2.32. The fraction of sp³-hybridized carbons (Fsp3) is 0.556. The molecule has 0 aromatic carbocycles. The molecule has 0 saturated heterocycles. The molecule has 70 valence electrons. The van der Waals surface area contributed by atoms with E-state index in [1.54, 1.807) is 12.2 Å². The quantitative estimate of drug-likeness (QED) is 0.376. The van der Waals surface area contributed by atoms with Gasteiger partial charge in [0, 0.05) is 0 Å². The molecule has 0 aliphatic rings. The molecule has 3 heteroatoms. The normalized spacial score (nSPS) is 14.7. The maximum atomic E-state index is 6.23. The van der Waals surface area contributed by atoms with Crippen LogP contribution in [-0.2, 0) is 4.43 Å². The maximum Gasteiger partial charge on any atom is 0.146 e. The van der Waals surface area contributed by atoms with E-state index >= 15 is 0 Å². The van der Waals surface area contributed by atoms with Crippen molar-refractivity contribution in [3.63, 3.8) is 0 Å². The van der Waals surface area contributed by atoms with Crippen molar-refractivity contribution in [2.45, 2.75) is 24.8 Å². The van der Waals surface area contributed by atoms with Gasteiger partial charge in [-0.1, -0.05) is 26.0 Å². The minimum atomic E-state index is -0.615. The van der Waals surface area contributed by atoms with E-state index in [1.165, 1.54) is 0 Å². The van der Waals surface area contributed by atoms with Crippen molar-refractivity contribution in [2.24, 2.45) is 5.92 Å². The van der Waals surface area contributed by atoms with Crippen molar-refractivity contribution in [1.29, 1.82) is 0 Å². The molecule has 1 nitrogen and oxygen atoms in total. The molecule has 1 atom stereocenters. The fourth-order valence-corrected chi connectivity index (χ4v) is 2.70. The molecule has 0 aliphatic heterocycles. The Morgan fingerprint density at radius 1 is 1.42 bits per heavy atom. The molecule has 0 aromatic rings. The summed E-state index contributed by atoms with van der Waals surface area (Å²) in [6.45, 7) is 11.5. The van der Waals surface area contributed by atoms with E-state index in [1.807, 2.05) is 0 Å². The molecule has 0 heterocycles. The van der Waals surface area contributed by atoms with E-state index < -0.39 is 4.87 Å². The Labute approximate surface area is 83.0 Å². The van der Waals surface area contributed by atoms with Gasteiger partial charge in [-0.05, 0) is 5.92 Å². The molecular weight excluding hydrogens is 188 g/mol. The van der Waals surface area contributed by atoms with E-state index in [0.717, 1.165) is 0 Å². The van der Waals surface area contributed by atoms with Crippen LogP contribution in [0.15, 0.2) is 25.3 Å². The first-order chi connectivity index (χ1) is 5.51. The van der Waals surface area contributed by atoms with Gasteiger partial charge in [0.05, 0.1) is 6.10 Å². The van der Waals surface area contributed by atoms with Gasteiger partial charge in [0.15, 0.2) is 0 Å². The van der Waals surface area contributed by atoms with Crippen molar-refractivity contribution in [3.05, 3.63) is 25.3 Å². The summed E-state index contributed by atoms with van der Waals surface area (Å²) in [5.41, 5.74) is 0. The highest BCUT2D eigenvalue weighted by Crippen LogP contribution is 2.29. The summed E-state index contributed by atoms with van der Waals surface area (Å²) in [4.78, 5) is -0.615. The average Bonchev–Trinajstić information content (AvgIpc) is 2.04. The second kappa shape index (κ2) is 4.85. The SMILES string of the molecule is C=CC(Cl)(C=C)C(O[SiH3])C(C)C. The molecule has 0 aromatic heterocycles. The summed E-state index contributed by atoms with van der Waals surface area (Å²) in [6, 6.07) is 0. The molecule has 0 aliphatic carbocycles. The fourth-order valence-electron chi connectivity index (χ4n) is 1.28. The molecular formula is C9H17ClOSi. The summed E-state index contributed by atoms with van der Waals surface area (Å²) < 4.78 is 5.42. The molecule has 0 amide bonds. The van der Waals surface area contributed by atoms with Gasteiger partial charge in [0.1, 0.15) is 15.4 Å². The second-order valence-corrected chi connectivity index (χ2v) is 4.26. The Hall–Kier alpha value is -0.0531. The monoisotopic (exact) mass is 204 g/mol. The van der Waals surface area contributed by atoms with E-state index in [2.05, 4.69) is 27.0 Å². The Morgan fingerprint density at radius 3 is 1.92 bits per heavy atom. The van der Waals surface area contributed by atoms with E-state index in [9.17, 15) is 0 Å². The predicted molar refractivity (Wildman–Crippen MR) is 58.6 cm³/mol. The first kappa shape index (κ1) is 11.9. The smallest absolute Gasteiger partial charge is 0.146 e. The van der Waals surface area contributed by atoms with Gasteiger partial charge in [0.25, 0.3) is 0 Å². The lowest BCUT2D eigenvalue weighted by Gasteiger charge is -2.32. The lowest BCUT2D eigenvalue weighted by atomic mass is 9.92. The van der Waals surface area contributed by atoms with Crippen LogP contribution in [0.25, 0.3) is 0 Å². The summed E-state index contributed by atoms with van der Waals surface area (Å²) in [6.07, 6.45) is 3.36. The van der Waals surface area contributed by atoms with Gasteiger partial charge in [-0.3, -0.25) is 0 Å². The highest BCUT2D eigenvalue weighted by molar-refractivity contribution is 6.27. The number of hydrogen-bond acceptors (Lipinski definition) is 1. The van der Waals surface area contributed by atoms with Crippen molar-refractivity contribution < 1.29 is 4.43 Å². The van der Waals surface area contributed by atoms with Crippen LogP contribution in [0.2, 0.25) is 0 Å². The van der Waals surface area contributed by atoms with Crippen LogP contribution in [0.4, 0.5) is 0 Å². The minimum Gasteiger partial charge on any atom is -0.422 e. The van der Waals surface area contributed by atoms with Crippen LogP contribution in [0, 0.1) is 5.92 Å². The first-order valence-corrected chi connectivity index (χ1v) is 5.20. The van der Waals surface area contributed by atoms with E-state index in [4.69, 9.17) is 16.0 Å². The van der Waals surface area contributed by atoms with Crippen molar-refractivity contribution >= 4 is 22.1 Å². The second-order valence-electron chi connectivity index (χ2n) is 3.14. The Balaban J connectivity index is 4.66. The zero-order valence-electron chi connectivity index (χ0n) is 8.01. The van der Waals surface area contributed by atoms with Gasteiger partial charge in [-0.25, -0.2) is 0 Å². The van der Waals surface area contributed by atoms with Crippen LogP contribution >= 0.6 is 11.6 Å². The van der Waals surface area contributed by atoms with Crippen LogP contribution < -0.4 is 0 Å². The standard InChI is InChI=1S/C9H17ClOSi/c1-5-9(10,6-2)8(11-12)7(3)4/h5-8H,1-2H2,3-4,12H3. The van der Waals surface area contributed by atoms with Crippen LogP contribution in [-0.4, -0.2) is 21.5 Å². The lowest BCUT2D eigenvalue weighted by molar-refractivity contribution is 0.151. The zero-order valence-corrected chi connectivity index (χ0v) is 10.8. The van der Waals surface area contributed by atoms with Crippen LogP contribution in [0.1, 0.15) is 13.8 Å². The molecule has 12 heavy (non-hydrogen) atoms. The molecule has 1 unspecified atom stereocenters. The molecule has 0 N–H and O–H groups in total. The minimum absolute atomic E-state index is 0.0131. The predicted octanol–water partition coefficient (Wildman–Crippen LogP) is 1.66.